The number of aromatic nitrogens is 3. The largest absolute Gasteiger partial charge is 0.376 e. The third kappa shape index (κ3) is 1.14. The third-order valence-electron chi connectivity index (χ3n) is 2.76. The zero-order valence-electron chi connectivity index (χ0n) is 8.87. The van der Waals surface area contributed by atoms with Crippen molar-refractivity contribution >= 4 is 5.69 Å². The van der Waals surface area contributed by atoms with E-state index in [1.165, 1.54) is 6.07 Å². The molecule has 0 bridgehead atoms. The molecule has 0 fully saturated rings. The highest BCUT2D eigenvalue weighted by atomic mass is 19.1. The predicted octanol–water partition coefficient (Wildman–Crippen LogP) is 1.89. The van der Waals surface area contributed by atoms with Crippen LogP contribution >= 0.6 is 0 Å². The number of fused-ring (bicyclic) bond motifs is 3. The number of hydrogen-bond donors (Lipinski definition) is 1. The number of nitrogens with zero attached hydrogens (tertiary/aromatic N) is 3. The van der Waals surface area contributed by atoms with E-state index in [0.717, 1.165) is 23.8 Å². The topological polar surface area (TPSA) is 42.7 Å². The van der Waals surface area contributed by atoms with Crippen molar-refractivity contribution in [1.82, 2.24) is 14.8 Å². The Hall–Kier alpha value is -1.91. The second-order valence-electron chi connectivity index (χ2n) is 3.71. The van der Waals surface area contributed by atoms with Crippen LogP contribution in [0.5, 0.6) is 0 Å². The standard InChI is InChI=1S/C11H11FN4/c1-2-9-14-15-10-6-13-8-5-3-4-7(12)11(8)16(9)10/h3-5,13H,2,6H2,1H3. The number of aryl methyl sites for hydroxylation is 1. The molecule has 1 aliphatic rings. The molecule has 0 spiro atoms. The Morgan fingerprint density at radius 3 is 3.12 bits per heavy atom. The van der Waals surface area contributed by atoms with E-state index in [1.54, 1.807) is 10.6 Å². The summed E-state index contributed by atoms with van der Waals surface area (Å²) in [6, 6.07) is 5.01. The van der Waals surface area contributed by atoms with Crippen molar-refractivity contribution in [3.63, 3.8) is 0 Å². The first kappa shape index (κ1) is 9.33. The van der Waals surface area contributed by atoms with Gasteiger partial charge in [0.1, 0.15) is 17.3 Å². The second-order valence-corrected chi connectivity index (χ2v) is 3.71. The molecule has 3 rings (SSSR count). The lowest BCUT2D eigenvalue weighted by Gasteiger charge is -2.21. The number of nitrogens with one attached hydrogen (secondary N) is 1. The first-order valence-corrected chi connectivity index (χ1v) is 5.27. The maximum atomic E-state index is 13.8. The van der Waals surface area contributed by atoms with E-state index in [1.807, 2.05) is 13.0 Å². The van der Waals surface area contributed by atoms with Gasteiger partial charge in [-0.2, -0.15) is 0 Å². The minimum atomic E-state index is -0.250. The van der Waals surface area contributed by atoms with Crippen molar-refractivity contribution in [1.29, 1.82) is 0 Å². The van der Waals surface area contributed by atoms with Crippen LogP contribution in [-0.4, -0.2) is 14.8 Å². The van der Waals surface area contributed by atoms with Crippen molar-refractivity contribution in [3.05, 3.63) is 35.7 Å². The van der Waals surface area contributed by atoms with Crippen molar-refractivity contribution in [3.8, 4) is 5.69 Å². The van der Waals surface area contributed by atoms with E-state index in [9.17, 15) is 4.39 Å². The van der Waals surface area contributed by atoms with Crippen LogP contribution < -0.4 is 5.32 Å². The van der Waals surface area contributed by atoms with Crippen LogP contribution in [0, 0.1) is 5.82 Å². The van der Waals surface area contributed by atoms with Gasteiger partial charge in [-0.15, -0.1) is 10.2 Å². The van der Waals surface area contributed by atoms with Crippen molar-refractivity contribution in [2.24, 2.45) is 0 Å². The molecule has 0 aliphatic carbocycles. The van der Waals surface area contributed by atoms with Gasteiger partial charge in [0, 0.05) is 6.42 Å². The Morgan fingerprint density at radius 2 is 2.31 bits per heavy atom. The summed E-state index contributed by atoms with van der Waals surface area (Å²) in [5.41, 5.74) is 1.33. The number of anilines is 1. The Labute approximate surface area is 92.1 Å². The Balaban J connectivity index is 2.32. The van der Waals surface area contributed by atoms with Gasteiger partial charge < -0.3 is 5.32 Å². The molecule has 1 aliphatic heterocycles. The van der Waals surface area contributed by atoms with Crippen molar-refractivity contribution in [2.75, 3.05) is 5.32 Å². The van der Waals surface area contributed by atoms with Gasteiger partial charge in [0.05, 0.1) is 12.2 Å². The zero-order chi connectivity index (χ0) is 11.1. The van der Waals surface area contributed by atoms with Gasteiger partial charge >= 0.3 is 0 Å². The molecule has 1 aromatic heterocycles. The first-order chi connectivity index (χ1) is 7.81. The highest BCUT2D eigenvalue weighted by Crippen LogP contribution is 2.29. The molecule has 0 unspecified atom stereocenters. The SMILES string of the molecule is CCc1nnc2n1-c1c(F)cccc1NC2. The van der Waals surface area contributed by atoms with E-state index in [-0.39, 0.29) is 5.82 Å². The first-order valence-electron chi connectivity index (χ1n) is 5.27. The number of halogens is 1. The molecule has 82 valence electrons. The number of para-hydroxylation sites is 1. The van der Waals surface area contributed by atoms with Gasteiger partial charge in [-0.05, 0) is 12.1 Å². The van der Waals surface area contributed by atoms with Gasteiger partial charge in [0.2, 0.25) is 0 Å². The highest BCUT2D eigenvalue weighted by Gasteiger charge is 2.22. The molecule has 0 atom stereocenters. The van der Waals surface area contributed by atoms with Crippen molar-refractivity contribution in [2.45, 2.75) is 19.9 Å². The minimum absolute atomic E-state index is 0.250. The summed E-state index contributed by atoms with van der Waals surface area (Å²) in [7, 11) is 0. The summed E-state index contributed by atoms with van der Waals surface area (Å²) in [4.78, 5) is 0. The summed E-state index contributed by atoms with van der Waals surface area (Å²) in [6.45, 7) is 2.57. The lowest BCUT2D eigenvalue weighted by molar-refractivity contribution is 0.610. The van der Waals surface area contributed by atoms with E-state index >= 15 is 0 Å². The molecule has 0 amide bonds. The molecule has 2 aromatic rings. The monoisotopic (exact) mass is 218 g/mol. The third-order valence-corrected chi connectivity index (χ3v) is 2.76. The second kappa shape index (κ2) is 3.30. The molecule has 2 heterocycles. The zero-order valence-corrected chi connectivity index (χ0v) is 8.87. The maximum absolute atomic E-state index is 13.8. The minimum Gasteiger partial charge on any atom is -0.376 e. The van der Waals surface area contributed by atoms with Crippen LogP contribution in [0.1, 0.15) is 18.6 Å². The van der Waals surface area contributed by atoms with Crippen LogP contribution in [-0.2, 0) is 13.0 Å². The van der Waals surface area contributed by atoms with Gasteiger partial charge in [-0.25, -0.2) is 4.39 Å². The van der Waals surface area contributed by atoms with Crippen molar-refractivity contribution < 1.29 is 4.39 Å². The smallest absolute Gasteiger partial charge is 0.157 e. The fraction of sp³-hybridized carbons (Fsp3) is 0.273. The summed E-state index contributed by atoms with van der Waals surface area (Å²) >= 11 is 0. The van der Waals surface area contributed by atoms with Gasteiger partial charge in [-0.3, -0.25) is 4.57 Å². The average Bonchev–Trinajstić information content (AvgIpc) is 2.72. The molecule has 16 heavy (non-hydrogen) atoms. The van der Waals surface area contributed by atoms with E-state index in [4.69, 9.17) is 0 Å². The molecule has 0 saturated heterocycles. The summed E-state index contributed by atoms with van der Waals surface area (Å²) in [6.07, 6.45) is 0.737. The fourth-order valence-electron chi connectivity index (χ4n) is 2.01. The normalized spacial score (nSPS) is 12.9. The molecule has 5 heteroatoms. The van der Waals surface area contributed by atoms with Crippen LogP contribution in [0.25, 0.3) is 5.69 Å². The van der Waals surface area contributed by atoms with E-state index in [2.05, 4.69) is 15.5 Å². The van der Waals surface area contributed by atoms with E-state index < -0.39 is 0 Å². The summed E-state index contributed by atoms with van der Waals surface area (Å²) < 4.78 is 15.6. The Bertz CT molecular complexity index is 533. The maximum Gasteiger partial charge on any atom is 0.157 e. The molecule has 1 N–H and O–H groups in total. The highest BCUT2D eigenvalue weighted by molar-refractivity contribution is 5.64. The van der Waals surface area contributed by atoms with Crippen LogP contribution in [0.4, 0.5) is 10.1 Å². The van der Waals surface area contributed by atoms with Gasteiger partial charge in [0.15, 0.2) is 5.82 Å². The number of hydrogen-bond acceptors (Lipinski definition) is 3. The number of benzene rings is 1. The quantitative estimate of drug-likeness (QED) is 0.794. The molecule has 4 nitrogen and oxygen atoms in total. The van der Waals surface area contributed by atoms with Crippen LogP contribution in [0.15, 0.2) is 18.2 Å². The molecule has 0 radical (unpaired) electrons. The molecule has 0 saturated carbocycles. The van der Waals surface area contributed by atoms with Crippen LogP contribution in [0.2, 0.25) is 0 Å². The van der Waals surface area contributed by atoms with E-state index in [0.29, 0.717) is 12.2 Å². The fourth-order valence-corrected chi connectivity index (χ4v) is 2.01. The average molecular weight is 218 g/mol. The Kier molecular flexibility index (Phi) is 1.92. The summed E-state index contributed by atoms with van der Waals surface area (Å²) in [5, 5.41) is 11.2. The van der Waals surface area contributed by atoms with Crippen LogP contribution in [0.3, 0.4) is 0 Å². The molecular weight excluding hydrogens is 207 g/mol. The van der Waals surface area contributed by atoms with Gasteiger partial charge in [0.25, 0.3) is 0 Å². The number of rotatable bonds is 1. The predicted molar refractivity (Wildman–Crippen MR) is 58.0 cm³/mol. The Morgan fingerprint density at radius 1 is 1.44 bits per heavy atom. The molecular formula is C11H11FN4. The lowest BCUT2D eigenvalue weighted by Crippen LogP contribution is -2.18. The van der Waals surface area contributed by atoms with Gasteiger partial charge in [-0.1, -0.05) is 13.0 Å². The molecule has 1 aromatic carbocycles. The summed E-state index contributed by atoms with van der Waals surface area (Å²) in [5.74, 6) is 1.30. The lowest BCUT2D eigenvalue weighted by atomic mass is 10.2.